The zero-order valence-electron chi connectivity index (χ0n) is 18.1. The highest BCUT2D eigenvalue weighted by Gasteiger charge is 2.40. The first-order chi connectivity index (χ1) is 16.6. The van der Waals surface area contributed by atoms with Gasteiger partial charge in [-0.1, -0.05) is 36.4 Å². The summed E-state index contributed by atoms with van der Waals surface area (Å²) in [7, 11) is 1.35. The number of esters is 1. The molecule has 0 radical (unpaired) electrons. The van der Waals surface area contributed by atoms with E-state index >= 15 is 0 Å². The molecule has 168 valence electrons. The number of anilines is 1. The number of halogens is 1. The summed E-state index contributed by atoms with van der Waals surface area (Å²) in [5, 5.41) is 7.88. The summed E-state index contributed by atoms with van der Waals surface area (Å²) < 4.78 is 26.9. The van der Waals surface area contributed by atoms with E-state index in [9.17, 15) is 9.18 Å². The second kappa shape index (κ2) is 7.84. The van der Waals surface area contributed by atoms with Gasteiger partial charge in [0.25, 0.3) is 0 Å². The summed E-state index contributed by atoms with van der Waals surface area (Å²) >= 11 is 0. The fourth-order valence-corrected chi connectivity index (χ4v) is 4.57. The monoisotopic (exact) mass is 454 g/mol. The summed E-state index contributed by atoms with van der Waals surface area (Å²) in [5.74, 6) is 0.592. The zero-order valence-corrected chi connectivity index (χ0v) is 18.1. The summed E-state index contributed by atoms with van der Waals surface area (Å²) in [6, 6.07) is 20.9. The summed E-state index contributed by atoms with van der Waals surface area (Å²) in [5.41, 5.74) is 4.84. The molecular weight excluding hydrogens is 435 g/mol. The van der Waals surface area contributed by atoms with E-state index in [1.54, 1.807) is 28.9 Å². The van der Waals surface area contributed by atoms with Gasteiger partial charge in [0.15, 0.2) is 0 Å². The lowest BCUT2D eigenvalue weighted by Crippen LogP contribution is -2.32. The van der Waals surface area contributed by atoms with Crippen molar-refractivity contribution >= 4 is 17.6 Å². The van der Waals surface area contributed by atoms with Gasteiger partial charge in [-0.3, -0.25) is 0 Å². The normalized spacial score (nSPS) is 18.2. The van der Waals surface area contributed by atoms with Crippen LogP contribution in [0.4, 0.5) is 10.3 Å². The molecule has 4 aromatic rings. The Balaban J connectivity index is 1.56. The maximum Gasteiger partial charge on any atom is 0.337 e. The van der Waals surface area contributed by atoms with Crippen LogP contribution in [0.3, 0.4) is 0 Å². The van der Waals surface area contributed by atoms with E-state index in [0.29, 0.717) is 11.5 Å². The highest BCUT2D eigenvalue weighted by molar-refractivity contribution is 5.89. The summed E-state index contributed by atoms with van der Waals surface area (Å²) in [6.07, 6.45) is 1.00. The predicted octanol–water partition coefficient (Wildman–Crippen LogP) is 4.76. The standard InChI is InChI=1S/C26H19FN4O3/c1-33-25(32)17-8-6-16(7-9-17)24-21-22(19-4-2-3-5-20(19)34-24)30-26-28-14-29-31(26)23(21)15-10-12-18(27)13-11-15/h2-14,23-24H,1H3,(H,28,29,30)/t23-,24-/m0/s1. The van der Waals surface area contributed by atoms with E-state index in [4.69, 9.17) is 9.47 Å². The average Bonchev–Trinajstić information content (AvgIpc) is 3.35. The molecule has 2 aliphatic rings. The smallest absolute Gasteiger partial charge is 0.337 e. The number of para-hydroxylation sites is 1. The van der Waals surface area contributed by atoms with Crippen LogP contribution in [0.25, 0.3) is 5.70 Å². The van der Waals surface area contributed by atoms with Gasteiger partial charge < -0.3 is 14.8 Å². The molecule has 7 nitrogen and oxygen atoms in total. The number of carbonyl (C=O) groups is 1. The SMILES string of the molecule is COC(=O)c1ccc([C@@H]2Oc3ccccc3C3=C2[C@H](c2ccc(F)cc2)n2ncnc2N3)cc1. The van der Waals surface area contributed by atoms with Crippen molar-refractivity contribution < 1.29 is 18.7 Å². The molecule has 0 aliphatic carbocycles. The van der Waals surface area contributed by atoms with Gasteiger partial charge in [0.05, 0.1) is 18.4 Å². The predicted molar refractivity (Wildman–Crippen MR) is 123 cm³/mol. The van der Waals surface area contributed by atoms with Gasteiger partial charge in [0.1, 0.15) is 30.0 Å². The van der Waals surface area contributed by atoms with Crippen LogP contribution in [0.5, 0.6) is 5.75 Å². The van der Waals surface area contributed by atoms with Gasteiger partial charge in [0.2, 0.25) is 5.95 Å². The molecule has 0 unspecified atom stereocenters. The topological polar surface area (TPSA) is 78.3 Å². The third-order valence-corrected chi connectivity index (χ3v) is 6.14. The maximum atomic E-state index is 13.8. The van der Waals surface area contributed by atoms with Crippen molar-refractivity contribution in [3.63, 3.8) is 0 Å². The Morgan fingerprint density at radius 1 is 1.03 bits per heavy atom. The number of methoxy groups -OCH3 is 1. The van der Waals surface area contributed by atoms with Crippen molar-refractivity contribution in [3.8, 4) is 5.75 Å². The Kier molecular flexibility index (Phi) is 4.65. The van der Waals surface area contributed by atoms with Gasteiger partial charge >= 0.3 is 5.97 Å². The molecule has 6 rings (SSSR count). The number of carbonyl (C=O) groups excluding carboxylic acids is 1. The van der Waals surface area contributed by atoms with E-state index in [-0.39, 0.29) is 11.9 Å². The van der Waals surface area contributed by atoms with Crippen molar-refractivity contribution in [1.82, 2.24) is 14.8 Å². The molecule has 2 aliphatic heterocycles. The number of fused-ring (bicyclic) bond motifs is 3. The lowest BCUT2D eigenvalue weighted by atomic mass is 9.84. The van der Waals surface area contributed by atoms with Crippen LogP contribution in [-0.2, 0) is 4.74 Å². The van der Waals surface area contributed by atoms with Crippen molar-refractivity contribution in [3.05, 3.63) is 113 Å². The van der Waals surface area contributed by atoms with Crippen LogP contribution >= 0.6 is 0 Å². The third kappa shape index (κ3) is 3.14. The highest BCUT2D eigenvalue weighted by Crippen LogP contribution is 2.50. The lowest BCUT2D eigenvalue weighted by molar-refractivity contribution is 0.0600. The van der Waals surface area contributed by atoms with E-state index < -0.39 is 12.1 Å². The molecule has 3 aromatic carbocycles. The molecule has 0 bridgehead atoms. The van der Waals surface area contributed by atoms with Gasteiger partial charge in [-0.15, -0.1) is 0 Å². The van der Waals surface area contributed by atoms with Crippen LogP contribution in [0.2, 0.25) is 0 Å². The fourth-order valence-electron chi connectivity index (χ4n) is 4.57. The molecule has 1 N–H and O–H groups in total. The van der Waals surface area contributed by atoms with Gasteiger partial charge in [0, 0.05) is 11.1 Å². The molecule has 2 atom stereocenters. The maximum absolute atomic E-state index is 13.8. The average molecular weight is 454 g/mol. The van der Waals surface area contributed by atoms with Crippen LogP contribution in [0.1, 0.15) is 39.2 Å². The first-order valence-electron chi connectivity index (χ1n) is 10.7. The molecule has 34 heavy (non-hydrogen) atoms. The number of rotatable bonds is 3. The van der Waals surface area contributed by atoms with E-state index in [2.05, 4.69) is 15.4 Å². The van der Waals surface area contributed by atoms with E-state index in [1.807, 2.05) is 36.4 Å². The molecule has 0 saturated heterocycles. The minimum absolute atomic E-state index is 0.314. The Labute approximate surface area is 194 Å². The quantitative estimate of drug-likeness (QED) is 0.450. The first kappa shape index (κ1) is 20.2. The van der Waals surface area contributed by atoms with Crippen LogP contribution in [0.15, 0.2) is 84.7 Å². The Morgan fingerprint density at radius 2 is 1.76 bits per heavy atom. The largest absolute Gasteiger partial charge is 0.480 e. The number of aromatic nitrogens is 3. The van der Waals surface area contributed by atoms with Crippen LogP contribution in [-0.4, -0.2) is 27.8 Å². The molecule has 8 heteroatoms. The number of nitrogens with zero attached hydrogens (tertiary/aromatic N) is 3. The molecule has 0 saturated carbocycles. The minimum atomic E-state index is -0.489. The summed E-state index contributed by atoms with van der Waals surface area (Å²) in [6.45, 7) is 0. The van der Waals surface area contributed by atoms with Crippen molar-refractivity contribution in [2.75, 3.05) is 12.4 Å². The fraction of sp³-hybridized carbons (Fsp3) is 0.115. The Bertz CT molecular complexity index is 1430. The third-order valence-electron chi connectivity index (χ3n) is 6.14. The number of nitrogens with one attached hydrogen (secondary N) is 1. The minimum Gasteiger partial charge on any atom is -0.480 e. The second-order valence-corrected chi connectivity index (χ2v) is 8.05. The Hall–Kier alpha value is -4.46. The lowest BCUT2D eigenvalue weighted by Gasteiger charge is -2.39. The second-order valence-electron chi connectivity index (χ2n) is 8.05. The molecule has 3 heterocycles. The van der Waals surface area contributed by atoms with Crippen molar-refractivity contribution in [1.29, 1.82) is 0 Å². The van der Waals surface area contributed by atoms with E-state index in [0.717, 1.165) is 33.7 Å². The Morgan fingerprint density at radius 3 is 2.53 bits per heavy atom. The first-order valence-corrected chi connectivity index (χ1v) is 10.7. The molecule has 0 spiro atoms. The zero-order chi connectivity index (χ0) is 23.2. The van der Waals surface area contributed by atoms with Crippen LogP contribution in [0, 0.1) is 5.82 Å². The van der Waals surface area contributed by atoms with E-state index in [1.165, 1.54) is 25.6 Å². The van der Waals surface area contributed by atoms with Gasteiger partial charge in [-0.05, 0) is 47.5 Å². The molecule has 1 aromatic heterocycles. The highest BCUT2D eigenvalue weighted by atomic mass is 19.1. The summed E-state index contributed by atoms with van der Waals surface area (Å²) in [4.78, 5) is 16.3. The van der Waals surface area contributed by atoms with Crippen molar-refractivity contribution in [2.45, 2.75) is 12.1 Å². The number of hydrogen-bond acceptors (Lipinski definition) is 6. The van der Waals surface area contributed by atoms with Crippen LogP contribution < -0.4 is 10.1 Å². The molecule has 0 amide bonds. The van der Waals surface area contributed by atoms with Gasteiger partial charge in [-0.25, -0.2) is 13.9 Å². The van der Waals surface area contributed by atoms with Crippen molar-refractivity contribution in [2.24, 2.45) is 0 Å². The number of ether oxygens (including phenoxy) is 2. The number of benzene rings is 3. The van der Waals surface area contributed by atoms with Gasteiger partial charge in [-0.2, -0.15) is 10.1 Å². The molecule has 0 fully saturated rings. The number of hydrogen-bond donors (Lipinski definition) is 1. The molecular formula is C26H19FN4O3.